The van der Waals surface area contributed by atoms with E-state index < -0.39 is 12.2 Å². The summed E-state index contributed by atoms with van der Waals surface area (Å²) < 4.78 is 31.3. The molecule has 0 N–H and O–H groups in total. The highest BCUT2D eigenvalue weighted by atomic mass is 19.3. The maximum Gasteiger partial charge on any atom is 0.300 e. The number of aryl methyl sites for hydroxylation is 1. The second kappa shape index (κ2) is 3.86. The van der Waals surface area contributed by atoms with Gasteiger partial charge in [-0.05, 0) is 24.6 Å². The van der Waals surface area contributed by atoms with Crippen LogP contribution < -0.4 is 0 Å². The second-order valence-corrected chi connectivity index (χ2v) is 3.83. The zero-order chi connectivity index (χ0) is 12.7. The molecule has 3 aromatic rings. The van der Waals surface area contributed by atoms with Crippen molar-refractivity contribution < 1.29 is 13.3 Å². The number of pyridine rings is 1. The highest BCUT2D eigenvalue weighted by molar-refractivity contribution is 5.56. The fraction of sp³-hybridized carbons (Fsp3) is 0.182. The molecule has 3 heterocycles. The smallest absolute Gasteiger partial charge is 0.300 e. The van der Waals surface area contributed by atoms with Gasteiger partial charge in [0.1, 0.15) is 11.3 Å². The Morgan fingerprint density at radius 2 is 2.22 bits per heavy atom. The Morgan fingerprint density at radius 3 is 2.94 bits per heavy atom. The van der Waals surface area contributed by atoms with Crippen LogP contribution in [-0.4, -0.2) is 19.5 Å². The summed E-state index contributed by atoms with van der Waals surface area (Å²) in [4.78, 5) is 7.79. The molecule has 0 atom stereocenters. The first kappa shape index (κ1) is 10.8. The molecular weight excluding hydrogens is 242 g/mol. The minimum Gasteiger partial charge on any atom is -0.332 e. The predicted molar refractivity (Wildman–Crippen MR) is 58.2 cm³/mol. The highest BCUT2D eigenvalue weighted by Gasteiger charge is 2.18. The van der Waals surface area contributed by atoms with Crippen molar-refractivity contribution in [3.63, 3.8) is 0 Å². The van der Waals surface area contributed by atoms with E-state index in [1.165, 1.54) is 6.20 Å². The molecule has 3 rings (SSSR count). The van der Waals surface area contributed by atoms with Crippen LogP contribution in [0.5, 0.6) is 0 Å². The molecular formula is C11H8F2N4O. The van der Waals surface area contributed by atoms with E-state index in [0.29, 0.717) is 11.3 Å². The van der Waals surface area contributed by atoms with Gasteiger partial charge >= 0.3 is 6.43 Å². The van der Waals surface area contributed by atoms with Crippen LogP contribution in [0, 0.1) is 6.92 Å². The van der Waals surface area contributed by atoms with E-state index >= 15 is 0 Å². The van der Waals surface area contributed by atoms with Crippen molar-refractivity contribution in [2.24, 2.45) is 0 Å². The maximum absolute atomic E-state index is 12.4. The average molecular weight is 250 g/mol. The van der Waals surface area contributed by atoms with E-state index in [1.807, 2.05) is 19.1 Å². The maximum atomic E-state index is 12.4. The monoisotopic (exact) mass is 250 g/mol. The van der Waals surface area contributed by atoms with Gasteiger partial charge in [-0.2, -0.15) is 4.98 Å². The Hall–Kier alpha value is -2.31. The third-order valence-electron chi connectivity index (χ3n) is 2.52. The summed E-state index contributed by atoms with van der Waals surface area (Å²) in [5.74, 6) is -0.589. The summed E-state index contributed by atoms with van der Waals surface area (Å²) in [6.07, 6.45) is 0.542. The van der Waals surface area contributed by atoms with Gasteiger partial charge in [-0.1, -0.05) is 5.16 Å². The third-order valence-corrected chi connectivity index (χ3v) is 2.52. The molecule has 0 saturated carbocycles. The van der Waals surface area contributed by atoms with Gasteiger partial charge in [0.15, 0.2) is 0 Å². The Bertz CT molecular complexity index is 704. The normalized spacial score (nSPS) is 11.6. The van der Waals surface area contributed by atoms with E-state index in [9.17, 15) is 8.78 Å². The van der Waals surface area contributed by atoms with Crippen LogP contribution in [0.15, 0.2) is 29.0 Å². The standard InChI is InChI=1S/C11H8F2N4O/c1-6-2-3-17-7(5-14-8(17)4-6)11-15-10(9(12)13)16-18-11/h2-5,9H,1H3. The molecule has 0 aliphatic heterocycles. The molecule has 0 unspecified atom stereocenters. The molecule has 3 aromatic heterocycles. The molecule has 0 aliphatic carbocycles. The number of hydrogen-bond donors (Lipinski definition) is 0. The number of hydrogen-bond acceptors (Lipinski definition) is 4. The van der Waals surface area contributed by atoms with Crippen molar-refractivity contribution in [2.75, 3.05) is 0 Å². The van der Waals surface area contributed by atoms with Crippen LogP contribution in [-0.2, 0) is 0 Å². The first-order valence-corrected chi connectivity index (χ1v) is 5.21. The number of nitrogens with zero attached hydrogens (tertiary/aromatic N) is 4. The predicted octanol–water partition coefficient (Wildman–Crippen LogP) is 2.63. The Balaban J connectivity index is 2.13. The van der Waals surface area contributed by atoms with Crippen molar-refractivity contribution in [1.82, 2.24) is 19.5 Å². The summed E-state index contributed by atoms with van der Waals surface area (Å²) in [5, 5.41) is 3.22. The summed E-state index contributed by atoms with van der Waals surface area (Å²) in [6, 6.07) is 3.75. The molecule has 0 aromatic carbocycles. The van der Waals surface area contributed by atoms with E-state index in [2.05, 4.69) is 15.1 Å². The van der Waals surface area contributed by atoms with Gasteiger partial charge in [-0.25, -0.2) is 13.8 Å². The van der Waals surface area contributed by atoms with Gasteiger partial charge in [0.05, 0.1) is 6.20 Å². The number of fused-ring (bicyclic) bond motifs is 1. The van der Waals surface area contributed by atoms with Gasteiger partial charge in [0, 0.05) is 6.20 Å². The Kier molecular flexibility index (Phi) is 2.32. The van der Waals surface area contributed by atoms with E-state index in [0.717, 1.165) is 5.56 Å². The Morgan fingerprint density at radius 1 is 1.39 bits per heavy atom. The molecule has 0 saturated heterocycles. The van der Waals surface area contributed by atoms with Crippen molar-refractivity contribution >= 4 is 5.65 Å². The van der Waals surface area contributed by atoms with Crippen LogP contribution in [0.25, 0.3) is 17.2 Å². The molecule has 0 amide bonds. The molecule has 0 radical (unpaired) electrons. The van der Waals surface area contributed by atoms with Crippen molar-refractivity contribution in [1.29, 1.82) is 0 Å². The van der Waals surface area contributed by atoms with Gasteiger partial charge in [0.25, 0.3) is 5.89 Å². The number of halogens is 2. The first-order chi connectivity index (χ1) is 8.65. The zero-order valence-corrected chi connectivity index (χ0v) is 9.34. The molecule has 5 nitrogen and oxygen atoms in total. The van der Waals surface area contributed by atoms with Crippen molar-refractivity contribution in [3.05, 3.63) is 35.9 Å². The van der Waals surface area contributed by atoms with E-state index in [-0.39, 0.29) is 5.89 Å². The van der Waals surface area contributed by atoms with Gasteiger partial charge in [0.2, 0.25) is 5.82 Å². The second-order valence-electron chi connectivity index (χ2n) is 3.83. The number of aromatic nitrogens is 4. The summed E-state index contributed by atoms with van der Waals surface area (Å²) >= 11 is 0. The molecule has 0 aliphatic rings. The van der Waals surface area contributed by atoms with Crippen LogP contribution in [0.3, 0.4) is 0 Å². The van der Waals surface area contributed by atoms with Crippen LogP contribution >= 0.6 is 0 Å². The molecule has 0 fully saturated rings. The summed E-state index contributed by atoms with van der Waals surface area (Å²) in [5.41, 5.74) is 2.24. The van der Waals surface area contributed by atoms with Crippen molar-refractivity contribution in [3.8, 4) is 11.6 Å². The zero-order valence-electron chi connectivity index (χ0n) is 9.34. The lowest BCUT2D eigenvalue weighted by molar-refractivity contribution is 0.136. The van der Waals surface area contributed by atoms with E-state index in [4.69, 9.17) is 4.52 Å². The van der Waals surface area contributed by atoms with Gasteiger partial charge in [-0.3, -0.25) is 4.40 Å². The minimum atomic E-state index is -2.75. The quantitative estimate of drug-likeness (QED) is 0.701. The third kappa shape index (κ3) is 1.64. The lowest BCUT2D eigenvalue weighted by Crippen LogP contribution is -1.90. The van der Waals surface area contributed by atoms with Gasteiger partial charge in [-0.15, -0.1) is 0 Å². The average Bonchev–Trinajstić information content (AvgIpc) is 2.92. The summed E-state index contributed by atoms with van der Waals surface area (Å²) in [7, 11) is 0. The van der Waals surface area contributed by atoms with E-state index in [1.54, 1.807) is 10.6 Å². The fourth-order valence-electron chi connectivity index (χ4n) is 1.67. The number of imidazole rings is 1. The number of alkyl halides is 2. The largest absolute Gasteiger partial charge is 0.332 e. The lowest BCUT2D eigenvalue weighted by atomic mass is 10.3. The van der Waals surface area contributed by atoms with Crippen LogP contribution in [0.1, 0.15) is 17.8 Å². The minimum absolute atomic E-state index is 0.0293. The molecule has 92 valence electrons. The van der Waals surface area contributed by atoms with Crippen LogP contribution in [0.2, 0.25) is 0 Å². The molecule has 0 bridgehead atoms. The highest BCUT2D eigenvalue weighted by Crippen LogP contribution is 2.22. The SMILES string of the molecule is Cc1ccn2c(-c3nc(C(F)F)no3)cnc2c1. The molecule has 0 spiro atoms. The topological polar surface area (TPSA) is 56.2 Å². The van der Waals surface area contributed by atoms with Crippen molar-refractivity contribution in [2.45, 2.75) is 13.3 Å². The van der Waals surface area contributed by atoms with Crippen LogP contribution in [0.4, 0.5) is 8.78 Å². The lowest BCUT2D eigenvalue weighted by Gasteiger charge is -1.97. The number of rotatable bonds is 2. The molecule has 7 heteroatoms. The fourth-order valence-corrected chi connectivity index (χ4v) is 1.67. The summed E-state index contributed by atoms with van der Waals surface area (Å²) in [6.45, 7) is 1.94. The Labute approximate surface area is 100 Å². The molecule has 18 heavy (non-hydrogen) atoms. The van der Waals surface area contributed by atoms with Gasteiger partial charge < -0.3 is 4.52 Å². The first-order valence-electron chi connectivity index (χ1n) is 5.21.